The van der Waals surface area contributed by atoms with Crippen LogP contribution >= 0.6 is 15.9 Å². The number of hydrogen-bond donors (Lipinski definition) is 2. The van der Waals surface area contributed by atoms with Gasteiger partial charge < -0.3 is 15.8 Å². The summed E-state index contributed by atoms with van der Waals surface area (Å²) in [6.07, 6.45) is 2.92. The molecule has 18 heavy (non-hydrogen) atoms. The largest absolute Gasteiger partial charge is 0.368 e. The fourth-order valence-electron chi connectivity index (χ4n) is 2.05. The lowest BCUT2D eigenvalue weighted by Gasteiger charge is -2.11. The molecule has 1 amide bonds. The van der Waals surface area contributed by atoms with E-state index in [1.807, 2.05) is 24.3 Å². The summed E-state index contributed by atoms with van der Waals surface area (Å²) in [5, 5.41) is 2.79. The molecular weight excluding hydrogens is 296 g/mol. The van der Waals surface area contributed by atoms with Crippen molar-refractivity contribution in [1.82, 2.24) is 0 Å². The molecule has 1 fully saturated rings. The van der Waals surface area contributed by atoms with E-state index in [-0.39, 0.29) is 24.7 Å². The Morgan fingerprint density at radius 3 is 2.72 bits per heavy atom. The van der Waals surface area contributed by atoms with Crippen LogP contribution in [0.25, 0.3) is 0 Å². The summed E-state index contributed by atoms with van der Waals surface area (Å²) in [6.45, 7) is 0.0907. The fraction of sp³-hybridized carbons (Fsp3) is 0.462. The van der Waals surface area contributed by atoms with Gasteiger partial charge in [0.15, 0.2) is 0 Å². The number of nitrogens with two attached hydrogens (primary N) is 1. The number of nitrogens with one attached hydrogen (secondary N) is 1. The van der Waals surface area contributed by atoms with E-state index in [0.29, 0.717) is 0 Å². The van der Waals surface area contributed by atoms with Crippen LogP contribution in [0.1, 0.15) is 19.3 Å². The Kier molecular flexibility index (Phi) is 4.74. The number of rotatable bonds is 4. The summed E-state index contributed by atoms with van der Waals surface area (Å²) >= 11 is 3.34. The number of carbonyl (C=O) groups is 1. The number of carbonyl (C=O) groups excluding carboxylic acids is 1. The average Bonchev–Trinajstić information content (AvgIpc) is 2.76. The molecule has 0 spiro atoms. The molecule has 0 saturated heterocycles. The Balaban J connectivity index is 1.73. The highest BCUT2D eigenvalue weighted by Gasteiger charge is 2.22. The van der Waals surface area contributed by atoms with Crippen LogP contribution < -0.4 is 11.1 Å². The highest BCUT2D eigenvalue weighted by Crippen LogP contribution is 2.20. The normalized spacial score (nSPS) is 23.0. The number of hydrogen-bond acceptors (Lipinski definition) is 3. The van der Waals surface area contributed by atoms with Gasteiger partial charge in [-0.3, -0.25) is 4.79 Å². The Bertz CT molecular complexity index is 408. The molecule has 2 rings (SSSR count). The van der Waals surface area contributed by atoms with Crippen LogP contribution in [0.5, 0.6) is 0 Å². The third-order valence-corrected chi connectivity index (χ3v) is 3.53. The van der Waals surface area contributed by atoms with Crippen molar-refractivity contribution >= 4 is 27.5 Å². The summed E-state index contributed by atoms with van der Waals surface area (Å²) in [4.78, 5) is 11.7. The van der Waals surface area contributed by atoms with Crippen LogP contribution in [-0.4, -0.2) is 24.7 Å². The molecule has 0 radical (unpaired) electrons. The molecule has 2 atom stereocenters. The zero-order chi connectivity index (χ0) is 13.0. The molecule has 1 aromatic carbocycles. The molecule has 0 bridgehead atoms. The molecule has 1 aromatic rings. The van der Waals surface area contributed by atoms with Gasteiger partial charge in [0.05, 0.1) is 6.10 Å². The monoisotopic (exact) mass is 312 g/mol. The fourth-order valence-corrected chi connectivity index (χ4v) is 2.31. The maximum absolute atomic E-state index is 11.7. The molecular formula is C13H17BrN2O2. The van der Waals surface area contributed by atoms with Crippen molar-refractivity contribution in [2.45, 2.75) is 31.4 Å². The lowest BCUT2D eigenvalue weighted by atomic mass is 10.3. The van der Waals surface area contributed by atoms with Gasteiger partial charge in [0.2, 0.25) is 5.91 Å². The SMILES string of the molecule is NC1CCC(OCC(=O)Nc2ccc(Br)cc2)C1. The minimum atomic E-state index is -0.127. The second-order valence-electron chi connectivity index (χ2n) is 4.56. The first-order valence-electron chi connectivity index (χ1n) is 6.06. The van der Waals surface area contributed by atoms with Gasteiger partial charge in [-0.1, -0.05) is 15.9 Å². The van der Waals surface area contributed by atoms with Crippen molar-refractivity contribution in [1.29, 1.82) is 0 Å². The second kappa shape index (κ2) is 6.31. The van der Waals surface area contributed by atoms with Gasteiger partial charge >= 0.3 is 0 Å². The van der Waals surface area contributed by atoms with Crippen LogP contribution in [0, 0.1) is 0 Å². The number of ether oxygens (including phenoxy) is 1. The van der Waals surface area contributed by atoms with Crippen molar-refractivity contribution in [3.05, 3.63) is 28.7 Å². The van der Waals surface area contributed by atoms with E-state index in [1.54, 1.807) is 0 Å². The summed E-state index contributed by atoms with van der Waals surface area (Å²) in [5.74, 6) is -0.127. The first-order valence-corrected chi connectivity index (χ1v) is 6.85. The van der Waals surface area contributed by atoms with E-state index < -0.39 is 0 Å². The Hall–Kier alpha value is -0.910. The predicted molar refractivity (Wildman–Crippen MR) is 74.3 cm³/mol. The first-order chi connectivity index (χ1) is 8.63. The molecule has 1 aliphatic rings. The van der Waals surface area contributed by atoms with Crippen LogP contribution in [0.2, 0.25) is 0 Å². The summed E-state index contributed by atoms with van der Waals surface area (Å²) in [6, 6.07) is 7.67. The van der Waals surface area contributed by atoms with E-state index in [2.05, 4.69) is 21.2 Å². The summed E-state index contributed by atoms with van der Waals surface area (Å²) in [5.41, 5.74) is 6.56. The van der Waals surface area contributed by atoms with E-state index >= 15 is 0 Å². The molecule has 98 valence electrons. The maximum Gasteiger partial charge on any atom is 0.250 e. The molecule has 1 saturated carbocycles. The lowest BCUT2D eigenvalue weighted by Crippen LogP contribution is -2.23. The third-order valence-electron chi connectivity index (χ3n) is 3.00. The zero-order valence-corrected chi connectivity index (χ0v) is 11.7. The van der Waals surface area contributed by atoms with Gasteiger partial charge in [0.1, 0.15) is 6.61 Å². The van der Waals surface area contributed by atoms with E-state index in [0.717, 1.165) is 29.4 Å². The quantitative estimate of drug-likeness (QED) is 0.896. The highest BCUT2D eigenvalue weighted by molar-refractivity contribution is 9.10. The van der Waals surface area contributed by atoms with Crippen molar-refractivity contribution in [2.75, 3.05) is 11.9 Å². The van der Waals surface area contributed by atoms with Gasteiger partial charge in [0, 0.05) is 16.2 Å². The zero-order valence-electron chi connectivity index (χ0n) is 10.1. The van der Waals surface area contributed by atoms with Crippen LogP contribution in [0.15, 0.2) is 28.7 Å². The van der Waals surface area contributed by atoms with E-state index in [9.17, 15) is 4.79 Å². The van der Waals surface area contributed by atoms with Crippen molar-refractivity contribution < 1.29 is 9.53 Å². The number of anilines is 1. The molecule has 5 heteroatoms. The molecule has 4 nitrogen and oxygen atoms in total. The van der Waals surface area contributed by atoms with Crippen molar-refractivity contribution in [2.24, 2.45) is 5.73 Å². The van der Waals surface area contributed by atoms with Gasteiger partial charge in [-0.2, -0.15) is 0 Å². The first kappa shape index (κ1) is 13.5. The van der Waals surface area contributed by atoms with Crippen molar-refractivity contribution in [3.8, 4) is 0 Å². The lowest BCUT2D eigenvalue weighted by molar-refractivity contribution is -0.122. The standard InChI is InChI=1S/C13H17BrN2O2/c14-9-1-4-11(5-2-9)16-13(17)8-18-12-6-3-10(15)7-12/h1-2,4-5,10,12H,3,6-8,15H2,(H,16,17). The van der Waals surface area contributed by atoms with E-state index in [1.165, 1.54) is 0 Å². The minimum absolute atomic E-state index is 0.0907. The Morgan fingerprint density at radius 1 is 1.39 bits per heavy atom. The topological polar surface area (TPSA) is 64.3 Å². The predicted octanol–water partition coefficient (Wildman–Crippen LogP) is 2.28. The average molecular weight is 313 g/mol. The second-order valence-corrected chi connectivity index (χ2v) is 5.48. The van der Waals surface area contributed by atoms with Gasteiger partial charge in [0.25, 0.3) is 0 Å². The van der Waals surface area contributed by atoms with Gasteiger partial charge in [-0.25, -0.2) is 0 Å². The van der Waals surface area contributed by atoms with Crippen LogP contribution in [0.3, 0.4) is 0 Å². The summed E-state index contributed by atoms with van der Waals surface area (Å²) < 4.78 is 6.51. The van der Waals surface area contributed by atoms with Gasteiger partial charge in [-0.15, -0.1) is 0 Å². The molecule has 3 N–H and O–H groups in total. The number of halogens is 1. The maximum atomic E-state index is 11.7. The van der Waals surface area contributed by atoms with Gasteiger partial charge in [-0.05, 0) is 43.5 Å². The highest BCUT2D eigenvalue weighted by atomic mass is 79.9. The van der Waals surface area contributed by atoms with Crippen molar-refractivity contribution in [3.63, 3.8) is 0 Å². The number of amides is 1. The van der Waals surface area contributed by atoms with Crippen LogP contribution in [0.4, 0.5) is 5.69 Å². The minimum Gasteiger partial charge on any atom is -0.368 e. The third kappa shape index (κ3) is 4.08. The Morgan fingerprint density at radius 2 is 2.11 bits per heavy atom. The molecule has 0 aliphatic heterocycles. The molecule has 0 aromatic heterocycles. The summed E-state index contributed by atoms with van der Waals surface area (Å²) in [7, 11) is 0. The smallest absolute Gasteiger partial charge is 0.250 e. The van der Waals surface area contributed by atoms with Crippen LogP contribution in [-0.2, 0) is 9.53 Å². The Labute approximate surface area is 115 Å². The molecule has 2 unspecified atom stereocenters. The molecule has 0 heterocycles. The van der Waals surface area contributed by atoms with E-state index in [4.69, 9.17) is 10.5 Å². The number of benzene rings is 1. The molecule has 1 aliphatic carbocycles.